The molecule has 5 nitrogen and oxygen atoms in total. The van der Waals surface area contributed by atoms with Crippen molar-refractivity contribution in [2.24, 2.45) is 0 Å². The number of aromatic nitrogens is 1. The summed E-state index contributed by atoms with van der Waals surface area (Å²) in [5.74, 6) is -1.47. The first-order chi connectivity index (χ1) is 15.8. The molecule has 4 aromatic rings. The van der Waals surface area contributed by atoms with Crippen molar-refractivity contribution in [3.63, 3.8) is 0 Å². The van der Waals surface area contributed by atoms with Crippen molar-refractivity contribution in [2.75, 3.05) is 11.9 Å². The Labute approximate surface area is 187 Å². The molecule has 4 rings (SSSR count). The molecule has 8 heteroatoms. The molecule has 0 aliphatic carbocycles. The average Bonchev–Trinajstić information content (AvgIpc) is 3.18. The average molecular weight is 452 g/mol. The number of para-hydroxylation sites is 1. The predicted octanol–water partition coefficient (Wildman–Crippen LogP) is 5.85. The Kier molecular flexibility index (Phi) is 5.91. The van der Waals surface area contributed by atoms with Crippen LogP contribution in [0.1, 0.15) is 23.0 Å². The second-order valence-electron chi connectivity index (χ2n) is 7.19. The highest BCUT2D eigenvalue weighted by atomic mass is 19.4. The third kappa shape index (κ3) is 4.45. The normalized spacial score (nSPS) is 11.4. The summed E-state index contributed by atoms with van der Waals surface area (Å²) in [6.45, 7) is 2.36. The van der Waals surface area contributed by atoms with Crippen LogP contribution in [-0.4, -0.2) is 22.7 Å². The first kappa shape index (κ1) is 22.1. The lowest BCUT2D eigenvalue weighted by molar-refractivity contribution is -0.137. The van der Waals surface area contributed by atoms with E-state index in [9.17, 15) is 22.8 Å². The van der Waals surface area contributed by atoms with E-state index in [1.54, 1.807) is 59.1 Å². The van der Waals surface area contributed by atoms with Gasteiger partial charge in [-0.05, 0) is 55.0 Å². The van der Waals surface area contributed by atoms with E-state index in [0.717, 1.165) is 12.1 Å². The second-order valence-corrected chi connectivity index (χ2v) is 7.19. The molecule has 0 radical (unpaired) electrons. The standard InChI is InChI=1S/C25H19F3N2O3/c1-2-33-18-12-10-16(11-13-18)19-15-17-7-5-6-14-30(17)22(19)23(31)24(32)29-21-9-4-3-8-20(21)25(26,27)28/h3-15H,2H2,1H3,(H,29,32). The minimum absolute atomic E-state index is 0.0525. The highest BCUT2D eigenvalue weighted by molar-refractivity contribution is 6.47. The van der Waals surface area contributed by atoms with Gasteiger partial charge in [-0.3, -0.25) is 9.59 Å². The number of carbonyl (C=O) groups is 2. The van der Waals surface area contributed by atoms with Gasteiger partial charge in [0.25, 0.3) is 11.7 Å². The molecule has 0 bridgehead atoms. The molecule has 0 spiro atoms. The Balaban J connectivity index is 1.74. The number of benzene rings is 2. The number of nitrogens with one attached hydrogen (secondary N) is 1. The minimum atomic E-state index is -4.68. The molecule has 0 fully saturated rings. The van der Waals surface area contributed by atoms with E-state index in [0.29, 0.717) is 29.0 Å². The van der Waals surface area contributed by atoms with Crippen molar-refractivity contribution in [2.45, 2.75) is 13.1 Å². The number of amides is 1. The number of ether oxygens (including phenoxy) is 1. The fourth-order valence-corrected chi connectivity index (χ4v) is 3.60. The van der Waals surface area contributed by atoms with Gasteiger partial charge in [0.2, 0.25) is 0 Å². The lowest BCUT2D eigenvalue weighted by Gasteiger charge is -2.13. The van der Waals surface area contributed by atoms with Crippen LogP contribution in [0.4, 0.5) is 18.9 Å². The number of anilines is 1. The van der Waals surface area contributed by atoms with Crippen molar-refractivity contribution in [1.82, 2.24) is 4.40 Å². The molecule has 1 amide bonds. The number of alkyl halides is 3. The van der Waals surface area contributed by atoms with Gasteiger partial charge < -0.3 is 14.5 Å². The predicted molar refractivity (Wildman–Crippen MR) is 118 cm³/mol. The molecule has 2 heterocycles. The Morgan fingerprint density at radius 1 is 0.970 bits per heavy atom. The summed E-state index contributed by atoms with van der Waals surface area (Å²) in [7, 11) is 0. The lowest BCUT2D eigenvalue weighted by Crippen LogP contribution is -2.26. The topological polar surface area (TPSA) is 59.8 Å². The monoisotopic (exact) mass is 452 g/mol. The molecule has 168 valence electrons. The van der Waals surface area contributed by atoms with Crippen LogP contribution < -0.4 is 10.1 Å². The summed E-state index contributed by atoms with van der Waals surface area (Å²) in [6.07, 6.45) is -3.06. The number of nitrogens with zero attached hydrogens (tertiary/aromatic N) is 1. The molecule has 2 aromatic carbocycles. The largest absolute Gasteiger partial charge is 0.494 e. The van der Waals surface area contributed by atoms with Crippen LogP contribution in [0.5, 0.6) is 5.75 Å². The SMILES string of the molecule is CCOc1ccc(-c2cc3ccccn3c2C(=O)C(=O)Nc2ccccc2C(F)(F)F)cc1. The van der Waals surface area contributed by atoms with Crippen molar-refractivity contribution >= 4 is 22.9 Å². The maximum atomic E-state index is 13.3. The van der Waals surface area contributed by atoms with Crippen molar-refractivity contribution in [3.8, 4) is 16.9 Å². The van der Waals surface area contributed by atoms with E-state index in [4.69, 9.17) is 4.74 Å². The summed E-state index contributed by atoms with van der Waals surface area (Å²) in [5.41, 5.74) is 0.345. The number of hydrogen-bond acceptors (Lipinski definition) is 3. The minimum Gasteiger partial charge on any atom is -0.494 e. The Bertz CT molecular complexity index is 1320. The van der Waals surface area contributed by atoms with Crippen LogP contribution in [0.2, 0.25) is 0 Å². The van der Waals surface area contributed by atoms with Crippen LogP contribution in [0.3, 0.4) is 0 Å². The third-order valence-corrected chi connectivity index (χ3v) is 5.06. The van der Waals surface area contributed by atoms with Crippen LogP contribution in [-0.2, 0) is 11.0 Å². The summed E-state index contributed by atoms with van der Waals surface area (Å²) in [6, 6.07) is 18.5. The van der Waals surface area contributed by atoms with Crippen LogP contribution in [0.15, 0.2) is 79.0 Å². The first-order valence-electron chi connectivity index (χ1n) is 10.1. The van der Waals surface area contributed by atoms with Crippen molar-refractivity contribution in [3.05, 3.63) is 90.3 Å². The Morgan fingerprint density at radius 3 is 2.36 bits per heavy atom. The summed E-state index contributed by atoms with van der Waals surface area (Å²) in [5, 5.41) is 2.13. The molecule has 0 unspecified atom stereocenters. The molecule has 0 aliphatic heterocycles. The number of hydrogen-bond donors (Lipinski definition) is 1. The maximum absolute atomic E-state index is 13.3. The van der Waals surface area contributed by atoms with E-state index in [2.05, 4.69) is 5.32 Å². The van der Waals surface area contributed by atoms with Gasteiger partial charge in [0.15, 0.2) is 0 Å². The van der Waals surface area contributed by atoms with Crippen LogP contribution >= 0.6 is 0 Å². The summed E-state index contributed by atoms with van der Waals surface area (Å²) >= 11 is 0. The second kappa shape index (κ2) is 8.82. The van der Waals surface area contributed by atoms with Gasteiger partial charge in [0.05, 0.1) is 17.9 Å². The van der Waals surface area contributed by atoms with E-state index >= 15 is 0 Å². The molecule has 1 N–H and O–H groups in total. The number of carbonyl (C=O) groups excluding carboxylic acids is 2. The molecule has 33 heavy (non-hydrogen) atoms. The zero-order valence-electron chi connectivity index (χ0n) is 17.5. The fourth-order valence-electron chi connectivity index (χ4n) is 3.60. The summed E-state index contributed by atoms with van der Waals surface area (Å²) < 4.78 is 46.9. The molecule has 0 saturated carbocycles. The Morgan fingerprint density at radius 2 is 1.67 bits per heavy atom. The fraction of sp³-hybridized carbons (Fsp3) is 0.120. The number of fused-ring (bicyclic) bond motifs is 1. The molecule has 0 saturated heterocycles. The number of rotatable bonds is 6. The zero-order chi connectivity index (χ0) is 23.6. The zero-order valence-corrected chi connectivity index (χ0v) is 17.5. The van der Waals surface area contributed by atoms with Crippen LogP contribution in [0, 0.1) is 0 Å². The lowest BCUT2D eigenvalue weighted by atomic mass is 10.0. The van der Waals surface area contributed by atoms with Crippen LogP contribution in [0.25, 0.3) is 16.6 Å². The van der Waals surface area contributed by atoms with Crippen molar-refractivity contribution < 1.29 is 27.5 Å². The number of halogens is 3. The number of ketones is 1. The van der Waals surface area contributed by atoms with E-state index < -0.39 is 29.1 Å². The van der Waals surface area contributed by atoms with Gasteiger partial charge in [-0.2, -0.15) is 13.2 Å². The number of pyridine rings is 1. The van der Waals surface area contributed by atoms with E-state index in [1.165, 1.54) is 12.1 Å². The number of Topliss-reactive ketones (excluding diaryl/α,β-unsaturated/α-hetero) is 1. The summed E-state index contributed by atoms with van der Waals surface area (Å²) in [4.78, 5) is 26.0. The van der Waals surface area contributed by atoms with E-state index in [1.807, 2.05) is 6.92 Å². The first-order valence-corrected chi connectivity index (χ1v) is 10.1. The van der Waals surface area contributed by atoms with Gasteiger partial charge >= 0.3 is 6.18 Å². The third-order valence-electron chi connectivity index (χ3n) is 5.06. The molecule has 0 aliphatic rings. The molecular formula is C25H19F3N2O3. The maximum Gasteiger partial charge on any atom is 0.418 e. The van der Waals surface area contributed by atoms with Gasteiger partial charge in [0.1, 0.15) is 11.4 Å². The van der Waals surface area contributed by atoms with Gasteiger partial charge in [-0.25, -0.2) is 0 Å². The molecular weight excluding hydrogens is 433 g/mol. The van der Waals surface area contributed by atoms with Gasteiger partial charge in [-0.15, -0.1) is 0 Å². The Hall–Kier alpha value is -4.07. The van der Waals surface area contributed by atoms with Crippen molar-refractivity contribution in [1.29, 1.82) is 0 Å². The van der Waals surface area contributed by atoms with Gasteiger partial charge in [0, 0.05) is 17.3 Å². The smallest absolute Gasteiger partial charge is 0.418 e. The highest BCUT2D eigenvalue weighted by Gasteiger charge is 2.34. The highest BCUT2D eigenvalue weighted by Crippen LogP contribution is 2.35. The quantitative estimate of drug-likeness (QED) is 0.295. The molecule has 0 atom stereocenters. The van der Waals surface area contributed by atoms with E-state index in [-0.39, 0.29) is 5.69 Å². The molecule has 2 aromatic heterocycles. The van der Waals surface area contributed by atoms with Gasteiger partial charge in [-0.1, -0.05) is 30.3 Å².